The number of hydrogen-bond donors (Lipinski definition) is 1. The summed E-state index contributed by atoms with van der Waals surface area (Å²) in [6.45, 7) is 8.92. The molecule has 0 saturated heterocycles. The normalized spacial score (nSPS) is 13.1. The van der Waals surface area contributed by atoms with E-state index in [1.54, 1.807) is 7.11 Å². The molecule has 42 heavy (non-hydrogen) atoms. The van der Waals surface area contributed by atoms with Crippen LogP contribution in [0, 0.1) is 0 Å². The number of anilines is 1. The molecule has 1 aromatic heterocycles. The topological polar surface area (TPSA) is 43.6 Å². The van der Waals surface area contributed by atoms with Crippen molar-refractivity contribution in [2.45, 2.75) is 78.2 Å². The van der Waals surface area contributed by atoms with Gasteiger partial charge in [-0.3, -0.25) is 0 Å². The molecule has 222 valence electrons. The first kappa shape index (κ1) is 30.2. The highest BCUT2D eigenvalue weighted by Crippen LogP contribution is 2.43. The number of aryl methyl sites for hydroxylation is 2. The first-order valence-electron chi connectivity index (χ1n) is 15.4. The molecule has 0 radical (unpaired) electrons. The van der Waals surface area contributed by atoms with E-state index in [1.165, 1.54) is 70.0 Å². The Kier molecular flexibility index (Phi) is 9.62. The summed E-state index contributed by atoms with van der Waals surface area (Å²) in [6, 6.07) is 17.9. The zero-order valence-electron chi connectivity index (χ0n) is 25.4. The first-order valence-corrected chi connectivity index (χ1v) is 15.4. The van der Waals surface area contributed by atoms with Crippen molar-refractivity contribution in [1.82, 2.24) is 0 Å². The second kappa shape index (κ2) is 13.4. The molecule has 6 rings (SSSR count). The number of hydrogen-bond acceptors (Lipinski definition) is 4. The van der Waals surface area contributed by atoms with E-state index in [9.17, 15) is 0 Å². The summed E-state index contributed by atoms with van der Waals surface area (Å²) in [5.41, 5.74) is 8.98. The van der Waals surface area contributed by atoms with Crippen LogP contribution in [-0.4, -0.2) is 20.4 Å². The smallest absolute Gasteiger partial charge is 0.231 e. The fourth-order valence-corrected chi connectivity index (χ4v) is 6.36. The molecule has 6 heteroatoms. The minimum atomic E-state index is 0. The minimum absolute atomic E-state index is 0. The summed E-state index contributed by atoms with van der Waals surface area (Å²) in [5.74, 6) is 3.12. The molecular formula is C36H43BrN2O3. The molecule has 3 heterocycles. The summed E-state index contributed by atoms with van der Waals surface area (Å²) < 4.78 is 19.9. The van der Waals surface area contributed by atoms with Crippen molar-refractivity contribution in [3.05, 3.63) is 77.0 Å². The van der Waals surface area contributed by atoms with Gasteiger partial charge in [-0.15, -0.1) is 0 Å². The van der Waals surface area contributed by atoms with Crippen LogP contribution in [0.3, 0.4) is 0 Å². The lowest BCUT2D eigenvalue weighted by Gasteiger charge is -2.22. The number of unbranched alkanes of at least 4 members (excludes halogenated alkanes) is 4. The molecule has 0 bridgehead atoms. The predicted octanol–water partition coefficient (Wildman–Crippen LogP) is 5.19. The number of fused-ring (bicyclic) bond motifs is 5. The van der Waals surface area contributed by atoms with Gasteiger partial charge in [-0.25, -0.2) is 0 Å². The number of nitrogens with one attached hydrogen (secondary N) is 1. The Hall–Kier alpha value is -3.25. The van der Waals surface area contributed by atoms with Gasteiger partial charge in [0.15, 0.2) is 24.2 Å². The number of methoxy groups -OCH3 is 1. The number of pyridine rings is 1. The van der Waals surface area contributed by atoms with E-state index in [0.29, 0.717) is 5.92 Å². The highest BCUT2D eigenvalue weighted by Gasteiger charge is 2.32. The lowest BCUT2D eigenvalue weighted by Crippen LogP contribution is -3.00. The van der Waals surface area contributed by atoms with Crippen LogP contribution in [0.1, 0.15) is 81.0 Å². The van der Waals surface area contributed by atoms with Gasteiger partial charge in [0.2, 0.25) is 12.5 Å². The van der Waals surface area contributed by atoms with Crippen molar-refractivity contribution in [2.24, 2.45) is 0 Å². The lowest BCUT2D eigenvalue weighted by atomic mass is 9.88. The molecule has 3 aromatic carbocycles. The lowest BCUT2D eigenvalue weighted by molar-refractivity contribution is -0.686. The van der Waals surface area contributed by atoms with Gasteiger partial charge in [-0.05, 0) is 53.3 Å². The van der Waals surface area contributed by atoms with Crippen LogP contribution in [0.4, 0.5) is 5.69 Å². The molecule has 0 aliphatic carbocycles. The molecule has 0 spiro atoms. The summed E-state index contributed by atoms with van der Waals surface area (Å²) in [5, 5.41) is 6.27. The van der Waals surface area contributed by atoms with Gasteiger partial charge in [-0.1, -0.05) is 70.7 Å². The minimum Gasteiger partial charge on any atom is -1.00 e. The Labute approximate surface area is 261 Å². The number of aromatic nitrogens is 1. The van der Waals surface area contributed by atoms with E-state index >= 15 is 0 Å². The molecule has 0 fully saturated rings. The quantitative estimate of drug-likeness (QED) is 0.183. The Balaban J connectivity index is 0.00000353. The van der Waals surface area contributed by atoms with Gasteiger partial charge < -0.3 is 36.5 Å². The van der Waals surface area contributed by atoms with E-state index in [0.717, 1.165) is 55.3 Å². The van der Waals surface area contributed by atoms with Gasteiger partial charge in [0.05, 0.1) is 23.7 Å². The number of rotatable bonds is 11. The summed E-state index contributed by atoms with van der Waals surface area (Å²) >= 11 is 0. The van der Waals surface area contributed by atoms with Crippen LogP contribution in [0.2, 0.25) is 0 Å². The first-order chi connectivity index (χ1) is 20.1. The zero-order chi connectivity index (χ0) is 28.3. The maximum atomic E-state index is 5.89. The summed E-state index contributed by atoms with van der Waals surface area (Å²) in [4.78, 5) is 0. The average Bonchev–Trinajstić information content (AvgIpc) is 3.45. The predicted molar refractivity (Wildman–Crippen MR) is 167 cm³/mol. The third-order valence-electron chi connectivity index (χ3n) is 8.70. The standard InChI is InChI=1S/C36H42N2O3.BrH/c1-5-6-7-8-9-17-37-35-31-22-38-18-16-27-20-33-34(41-23-40-33)21-29(27)36(38)30(28(31)14-15-32(35)39-4)19-25-10-12-26(13-11-25)24(2)3;/h10-15,20-22,24H,5-9,16-19,23H2,1-4H3;1H. The van der Waals surface area contributed by atoms with E-state index in [1.807, 2.05) is 0 Å². The molecular weight excluding hydrogens is 588 g/mol. The third-order valence-corrected chi connectivity index (χ3v) is 8.70. The van der Waals surface area contributed by atoms with Gasteiger partial charge in [0, 0.05) is 30.3 Å². The van der Waals surface area contributed by atoms with E-state index in [4.69, 9.17) is 14.2 Å². The van der Waals surface area contributed by atoms with Crippen LogP contribution in [-0.2, 0) is 19.4 Å². The molecule has 0 saturated carbocycles. The highest BCUT2D eigenvalue weighted by atomic mass is 79.9. The van der Waals surface area contributed by atoms with Crippen LogP contribution < -0.4 is 41.1 Å². The van der Waals surface area contributed by atoms with Crippen LogP contribution in [0.5, 0.6) is 17.2 Å². The van der Waals surface area contributed by atoms with Crippen molar-refractivity contribution < 1.29 is 35.8 Å². The summed E-state index contributed by atoms with van der Waals surface area (Å²) in [7, 11) is 1.77. The second-order valence-electron chi connectivity index (χ2n) is 11.8. The van der Waals surface area contributed by atoms with Gasteiger partial charge >= 0.3 is 0 Å². The largest absolute Gasteiger partial charge is 1.00 e. The maximum absolute atomic E-state index is 5.89. The molecule has 4 aromatic rings. The van der Waals surface area contributed by atoms with E-state index in [-0.39, 0.29) is 23.8 Å². The van der Waals surface area contributed by atoms with Crippen molar-refractivity contribution >= 4 is 16.5 Å². The fraction of sp³-hybridized carbons (Fsp3) is 0.417. The van der Waals surface area contributed by atoms with E-state index in [2.05, 4.69) is 85.4 Å². The third kappa shape index (κ3) is 5.96. The Morgan fingerprint density at radius 2 is 1.69 bits per heavy atom. The Morgan fingerprint density at radius 1 is 0.929 bits per heavy atom. The monoisotopic (exact) mass is 630 g/mol. The van der Waals surface area contributed by atoms with E-state index < -0.39 is 0 Å². The van der Waals surface area contributed by atoms with Gasteiger partial charge in [-0.2, -0.15) is 4.57 Å². The molecule has 2 aliphatic heterocycles. The van der Waals surface area contributed by atoms with Crippen molar-refractivity contribution in [2.75, 3.05) is 25.8 Å². The molecule has 2 aliphatic rings. The fourth-order valence-electron chi connectivity index (χ4n) is 6.36. The number of halogens is 1. The summed E-state index contributed by atoms with van der Waals surface area (Å²) in [6.07, 6.45) is 10.4. The zero-order valence-corrected chi connectivity index (χ0v) is 27.0. The van der Waals surface area contributed by atoms with Crippen LogP contribution >= 0.6 is 0 Å². The maximum Gasteiger partial charge on any atom is 0.231 e. The number of nitrogens with zero attached hydrogens (tertiary/aromatic N) is 1. The van der Waals surface area contributed by atoms with Gasteiger partial charge in [0.25, 0.3) is 0 Å². The Morgan fingerprint density at radius 3 is 2.43 bits per heavy atom. The van der Waals surface area contributed by atoms with Crippen LogP contribution in [0.15, 0.2) is 54.7 Å². The molecule has 5 nitrogen and oxygen atoms in total. The van der Waals surface area contributed by atoms with Crippen molar-refractivity contribution in [1.29, 1.82) is 0 Å². The SMILES string of the molecule is CCCCCCCNc1c(OC)ccc2c(Cc3ccc(C(C)C)cc3)c3[n+](cc12)CCc1cc2c(cc1-3)OCO2.[Br-]. The van der Waals surface area contributed by atoms with Crippen molar-refractivity contribution in [3.63, 3.8) is 0 Å². The van der Waals surface area contributed by atoms with Crippen LogP contribution in [0.25, 0.3) is 22.0 Å². The highest BCUT2D eigenvalue weighted by molar-refractivity contribution is 6.00. The number of benzene rings is 3. The molecule has 0 amide bonds. The number of ether oxygens (including phenoxy) is 3. The average molecular weight is 632 g/mol. The van der Waals surface area contributed by atoms with Crippen molar-refractivity contribution in [3.8, 4) is 28.5 Å². The molecule has 1 N–H and O–H groups in total. The Bertz CT molecular complexity index is 1550. The second-order valence-corrected chi connectivity index (χ2v) is 11.8. The molecule has 0 atom stereocenters. The van der Waals surface area contributed by atoms with Gasteiger partial charge in [0.1, 0.15) is 5.75 Å². The molecule has 0 unspecified atom stereocenters.